The van der Waals surface area contributed by atoms with E-state index in [1.165, 1.54) is 12.5 Å². The molecular weight excluding hydrogens is 316 g/mol. The topological polar surface area (TPSA) is 78.4 Å². The fourth-order valence-electron chi connectivity index (χ4n) is 3.64. The molecule has 0 spiro atoms. The first kappa shape index (κ1) is 19.4. The van der Waals surface area contributed by atoms with Crippen molar-refractivity contribution in [3.63, 3.8) is 0 Å². The van der Waals surface area contributed by atoms with Crippen LogP contribution in [0.4, 0.5) is 0 Å². The van der Waals surface area contributed by atoms with Gasteiger partial charge in [-0.2, -0.15) is 0 Å². The van der Waals surface area contributed by atoms with Gasteiger partial charge in [0.15, 0.2) is 0 Å². The van der Waals surface area contributed by atoms with Gasteiger partial charge in [0.05, 0.1) is 6.10 Å². The van der Waals surface area contributed by atoms with Crippen molar-refractivity contribution in [2.45, 2.75) is 72.1 Å². The Morgan fingerprint density at radius 2 is 1.72 bits per heavy atom. The molecule has 0 aliphatic heterocycles. The third-order valence-electron chi connectivity index (χ3n) is 5.07. The molecule has 0 aromatic heterocycles. The number of hydrogen-bond acceptors (Lipinski definition) is 3. The smallest absolute Gasteiger partial charge is 0.245 e. The first-order valence-corrected chi connectivity index (χ1v) is 9.12. The number of amides is 2. The molecule has 2 rings (SSSR count). The molecule has 3 N–H and O–H groups in total. The molecule has 25 heavy (non-hydrogen) atoms. The van der Waals surface area contributed by atoms with E-state index in [9.17, 15) is 14.7 Å². The van der Waals surface area contributed by atoms with Crippen LogP contribution in [-0.2, 0) is 16.1 Å². The van der Waals surface area contributed by atoms with E-state index in [0.717, 1.165) is 42.4 Å². The number of carbonyl (C=O) groups is 2. The van der Waals surface area contributed by atoms with Crippen LogP contribution in [-0.4, -0.2) is 29.1 Å². The second-order valence-corrected chi connectivity index (χ2v) is 7.30. The van der Waals surface area contributed by atoms with Crippen molar-refractivity contribution >= 4 is 11.8 Å². The standard InChI is InChI=1S/C20H30N2O3/c1-12-9-13(2)17(14(3)10-12)11-21-20(25)18(15(4)23)22-19(24)16-7-5-6-8-16/h9-10,15-16,18,23H,5-8,11H2,1-4H3,(H,21,25)(H,22,24)/t15-,18+/m1/s1. The highest BCUT2D eigenvalue weighted by molar-refractivity contribution is 5.89. The summed E-state index contributed by atoms with van der Waals surface area (Å²) in [5.74, 6) is -0.502. The Morgan fingerprint density at radius 3 is 2.24 bits per heavy atom. The Bertz CT molecular complexity index is 611. The van der Waals surface area contributed by atoms with Gasteiger partial charge < -0.3 is 15.7 Å². The quantitative estimate of drug-likeness (QED) is 0.739. The van der Waals surface area contributed by atoms with Gasteiger partial charge in [-0.1, -0.05) is 30.5 Å². The number of aryl methyl sites for hydroxylation is 3. The van der Waals surface area contributed by atoms with E-state index in [4.69, 9.17) is 0 Å². The normalized spacial score (nSPS) is 17.2. The van der Waals surface area contributed by atoms with Crippen molar-refractivity contribution in [2.24, 2.45) is 5.92 Å². The maximum Gasteiger partial charge on any atom is 0.245 e. The first-order valence-electron chi connectivity index (χ1n) is 9.12. The SMILES string of the molecule is Cc1cc(C)c(CNC(=O)[C@@H](NC(=O)C2CCCC2)[C@@H](C)O)c(C)c1. The number of benzene rings is 1. The highest BCUT2D eigenvalue weighted by atomic mass is 16.3. The molecular formula is C20H30N2O3. The summed E-state index contributed by atoms with van der Waals surface area (Å²) in [5, 5.41) is 15.5. The lowest BCUT2D eigenvalue weighted by atomic mass is 9.99. The van der Waals surface area contributed by atoms with Crippen molar-refractivity contribution in [1.29, 1.82) is 0 Å². The van der Waals surface area contributed by atoms with Crippen LogP contribution in [0.15, 0.2) is 12.1 Å². The van der Waals surface area contributed by atoms with Gasteiger partial charge in [-0.3, -0.25) is 9.59 Å². The lowest BCUT2D eigenvalue weighted by Crippen LogP contribution is -2.53. The fourth-order valence-corrected chi connectivity index (χ4v) is 3.64. The van der Waals surface area contributed by atoms with Crippen molar-refractivity contribution < 1.29 is 14.7 Å². The summed E-state index contributed by atoms with van der Waals surface area (Å²) < 4.78 is 0. The third-order valence-corrected chi connectivity index (χ3v) is 5.07. The van der Waals surface area contributed by atoms with Crippen LogP contribution in [0.2, 0.25) is 0 Å². The molecule has 1 aliphatic rings. The molecule has 1 aromatic rings. The van der Waals surface area contributed by atoms with Gasteiger partial charge in [-0.25, -0.2) is 0 Å². The van der Waals surface area contributed by atoms with E-state index < -0.39 is 12.1 Å². The Labute approximate surface area is 150 Å². The zero-order valence-corrected chi connectivity index (χ0v) is 15.7. The Hall–Kier alpha value is -1.88. The summed E-state index contributed by atoms with van der Waals surface area (Å²) in [6, 6.07) is 3.25. The lowest BCUT2D eigenvalue weighted by molar-refractivity contribution is -0.133. The van der Waals surface area contributed by atoms with E-state index in [0.29, 0.717) is 6.54 Å². The van der Waals surface area contributed by atoms with Crippen LogP contribution in [0.5, 0.6) is 0 Å². The molecule has 2 amide bonds. The fraction of sp³-hybridized carbons (Fsp3) is 0.600. The molecule has 5 nitrogen and oxygen atoms in total. The summed E-state index contributed by atoms with van der Waals surface area (Å²) in [7, 11) is 0. The molecule has 5 heteroatoms. The van der Waals surface area contributed by atoms with Crippen LogP contribution >= 0.6 is 0 Å². The second kappa shape index (κ2) is 8.48. The summed E-state index contributed by atoms with van der Waals surface area (Å²) in [6.07, 6.45) is 2.89. The minimum absolute atomic E-state index is 0.0318. The maximum absolute atomic E-state index is 12.5. The van der Waals surface area contributed by atoms with E-state index >= 15 is 0 Å². The van der Waals surface area contributed by atoms with Crippen molar-refractivity contribution in [3.8, 4) is 0 Å². The Kier molecular flexibility index (Phi) is 6.59. The largest absolute Gasteiger partial charge is 0.391 e. The molecule has 0 radical (unpaired) electrons. The molecule has 138 valence electrons. The van der Waals surface area contributed by atoms with Crippen molar-refractivity contribution in [2.75, 3.05) is 0 Å². The Morgan fingerprint density at radius 1 is 1.16 bits per heavy atom. The number of carbonyl (C=O) groups excluding carboxylic acids is 2. The van der Waals surface area contributed by atoms with Gasteiger partial charge >= 0.3 is 0 Å². The zero-order chi connectivity index (χ0) is 18.6. The van der Waals surface area contributed by atoms with Crippen LogP contribution in [0.1, 0.15) is 54.9 Å². The van der Waals surface area contributed by atoms with Crippen LogP contribution < -0.4 is 10.6 Å². The number of aliphatic hydroxyl groups excluding tert-OH is 1. The summed E-state index contributed by atoms with van der Waals surface area (Å²) in [5.41, 5.74) is 4.52. The van der Waals surface area contributed by atoms with Gasteiger partial charge in [-0.15, -0.1) is 0 Å². The third kappa shape index (κ3) is 5.05. The van der Waals surface area contributed by atoms with Gasteiger partial charge in [-0.05, 0) is 57.2 Å². The monoisotopic (exact) mass is 346 g/mol. The van der Waals surface area contributed by atoms with Crippen molar-refractivity contribution in [3.05, 3.63) is 34.4 Å². The lowest BCUT2D eigenvalue weighted by Gasteiger charge is -2.23. The molecule has 1 saturated carbocycles. The number of hydrogen-bond donors (Lipinski definition) is 3. The van der Waals surface area contributed by atoms with Gasteiger partial charge in [0.2, 0.25) is 11.8 Å². The van der Waals surface area contributed by atoms with Gasteiger partial charge in [0, 0.05) is 12.5 Å². The predicted molar refractivity (Wildman–Crippen MR) is 98.1 cm³/mol. The molecule has 1 aliphatic carbocycles. The molecule has 2 atom stereocenters. The average molecular weight is 346 g/mol. The number of nitrogens with one attached hydrogen (secondary N) is 2. The number of rotatable bonds is 6. The van der Waals surface area contributed by atoms with Crippen molar-refractivity contribution in [1.82, 2.24) is 10.6 Å². The highest BCUT2D eigenvalue weighted by Crippen LogP contribution is 2.24. The molecule has 0 unspecified atom stereocenters. The Balaban J connectivity index is 1.99. The summed E-state index contributed by atoms with van der Waals surface area (Å²) in [4.78, 5) is 24.8. The molecule has 1 fully saturated rings. The minimum Gasteiger partial charge on any atom is -0.391 e. The van der Waals surface area contributed by atoms with E-state index in [-0.39, 0.29) is 17.7 Å². The molecule has 0 bridgehead atoms. The first-order chi connectivity index (χ1) is 11.8. The summed E-state index contributed by atoms with van der Waals surface area (Å²) >= 11 is 0. The maximum atomic E-state index is 12.5. The zero-order valence-electron chi connectivity index (χ0n) is 15.7. The molecule has 1 aromatic carbocycles. The molecule has 0 heterocycles. The average Bonchev–Trinajstić information content (AvgIpc) is 3.05. The second-order valence-electron chi connectivity index (χ2n) is 7.30. The van der Waals surface area contributed by atoms with Crippen LogP contribution in [0.3, 0.4) is 0 Å². The van der Waals surface area contributed by atoms with E-state index in [1.807, 2.05) is 20.8 Å². The highest BCUT2D eigenvalue weighted by Gasteiger charge is 2.30. The van der Waals surface area contributed by atoms with E-state index in [2.05, 4.69) is 22.8 Å². The van der Waals surface area contributed by atoms with Crippen LogP contribution in [0, 0.1) is 26.7 Å². The van der Waals surface area contributed by atoms with Gasteiger partial charge in [0.1, 0.15) is 6.04 Å². The minimum atomic E-state index is -0.939. The number of aliphatic hydroxyl groups is 1. The molecule has 0 saturated heterocycles. The summed E-state index contributed by atoms with van der Waals surface area (Å²) in [6.45, 7) is 8.01. The predicted octanol–water partition coefficient (Wildman–Crippen LogP) is 2.28. The van der Waals surface area contributed by atoms with E-state index in [1.54, 1.807) is 0 Å². The van der Waals surface area contributed by atoms with Crippen LogP contribution in [0.25, 0.3) is 0 Å². The van der Waals surface area contributed by atoms with Gasteiger partial charge in [0.25, 0.3) is 0 Å².